The predicted molar refractivity (Wildman–Crippen MR) is 82.6 cm³/mol. The maximum absolute atomic E-state index is 12.2. The molecule has 0 fully saturated rings. The van der Waals surface area contributed by atoms with Gasteiger partial charge in [0.1, 0.15) is 11.9 Å². The van der Waals surface area contributed by atoms with Crippen LogP contribution in [-0.4, -0.2) is 5.78 Å². The van der Waals surface area contributed by atoms with Crippen molar-refractivity contribution in [2.45, 2.75) is 19.4 Å². The lowest BCUT2D eigenvalue weighted by Crippen LogP contribution is -2.21. The third-order valence-electron chi connectivity index (χ3n) is 3.46. The molecule has 1 atom stereocenters. The second kappa shape index (κ2) is 5.23. The topological polar surface area (TPSA) is 26.3 Å². The number of hydrogen-bond donors (Lipinski definition) is 0. The second-order valence-corrected chi connectivity index (χ2v) is 6.23. The van der Waals surface area contributed by atoms with Crippen molar-refractivity contribution in [3.8, 4) is 5.75 Å². The minimum Gasteiger partial charge on any atom is -0.484 e. The summed E-state index contributed by atoms with van der Waals surface area (Å²) in [5, 5.41) is 0.691. The predicted octanol–water partition coefficient (Wildman–Crippen LogP) is 5.12. The van der Waals surface area contributed by atoms with Crippen LogP contribution in [0.4, 0.5) is 0 Å². The fraction of sp³-hybridized carbons (Fsp3) is 0.188. The van der Waals surface area contributed by atoms with E-state index in [1.165, 1.54) is 0 Å². The summed E-state index contributed by atoms with van der Waals surface area (Å²) in [6, 6.07) is 11.1. The second-order valence-electron chi connectivity index (χ2n) is 4.88. The van der Waals surface area contributed by atoms with Crippen LogP contribution in [-0.2, 0) is 0 Å². The van der Waals surface area contributed by atoms with Gasteiger partial charge in [-0.05, 0) is 48.4 Å². The molecule has 2 aromatic rings. The Balaban J connectivity index is 2.00. The molecule has 0 saturated carbocycles. The highest BCUT2D eigenvalue weighted by Crippen LogP contribution is 2.37. The van der Waals surface area contributed by atoms with Crippen molar-refractivity contribution in [1.82, 2.24) is 0 Å². The summed E-state index contributed by atoms with van der Waals surface area (Å²) in [6.07, 6.45) is 0.110. The molecule has 102 valence electrons. The molecule has 4 heteroatoms. The highest BCUT2D eigenvalue weighted by Gasteiger charge is 2.28. The Morgan fingerprint density at radius 3 is 2.80 bits per heavy atom. The fourth-order valence-electron chi connectivity index (χ4n) is 2.47. The number of rotatable bonds is 1. The van der Waals surface area contributed by atoms with E-state index in [0.29, 0.717) is 22.8 Å². The van der Waals surface area contributed by atoms with Gasteiger partial charge in [0, 0.05) is 9.50 Å². The number of benzene rings is 2. The maximum atomic E-state index is 12.2. The van der Waals surface area contributed by atoms with Crippen molar-refractivity contribution in [3.05, 3.63) is 62.6 Å². The van der Waals surface area contributed by atoms with E-state index in [4.69, 9.17) is 16.3 Å². The highest BCUT2D eigenvalue weighted by molar-refractivity contribution is 9.10. The molecule has 2 nitrogen and oxygen atoms in total. The maximum Gasteiger partial charge on any atom is 0.170 e. The lowest BCUT2D eigenvalue weighted by molar-refractivity contribution is 0.0849. The van der Waals surface area contributed by atoms with Gasteiger partial charge in [-0.3, -0.25) is 4.79 Å². The summed E-state index contributed by atoms with van der Waals surface area (Å²) in [4.78, 5) is 12.2. The van der Waals surface area contributed by atoms with Gasteiger partial charge in [-0.1, -0.05) is 33.6 Å². The van der Waals surface area contributed by atoms with Crippen LogP contribution in [0.3, 0.4) is 0 Å². The monoisotopic (exact) mass is 350 g/mol. The highest BCUT2D eigenvalue weighted by atomic mass is 79.9. The molecule has 1 aliphatic rings. The van der Waals surface area contributed by atoms with Crippen LogP contribution in [0.1, 0.15) is 34.0 Å². The van der Waals surface area contributed by atoms with Crippen LogP contribution < -0.4 is 4.74 Å². The van der Waals surface area contributed by atoms with E-state index in [0.717, 1.165) is 15.6 Å². The number of hydrogen-bond acceptors (Lipinski definition) is 2. The number of fused-ring (bicyclic) bond motifs is 1. The molecule has 3 rings (SSSR count). The smallest absolute Gasteiger partial charge is 0.170 e. The van der Waals surface area contributed by atoms with Crippen LogP contribution in [0.15, 0.2) is 40.9 Å². The summed E-state index contributed by atoms with van der Waals surface area (Å²) in [5.74, 6) is 0.744. The van der Waals surface area contributed by atoms with Crippen LogP contribution in [0.25, 0.3) is 0 Å². The average Bonchev–Trinajstić information content (AvgIpc) is 2.37. The molecule has 0 spiro atoms. The quantitative estimate of drug-likeness (QED) is 0.713. The van der Waals surface area contributed by atoms with Gasteiger partial charge in [-0.2, -0.15) is 0 Å². The molecule has 0 radical (unpaired) electrons. The number of carbonyl (C=O) groups is 1. The standard InChI is InChI=1S/C16H12BrClO2/c1-9-6-11(18)3-5-12(9)16-8-14(19)13-4-2-10(17)7-15(13)20-16/h2-7,16H,8H2,1H3. The number of ether oxygens (including phenoxy) is 1. The first-order chi connectivity index (χ1) is 9.54. The molecule has 20 heavy (non-hydrogen) atoms. The van der Waals surface area contributed by atoms with E-state index in [2.05, 4.69) is 15.9 Å². The SMILES string of the molecule is Cc1cc(Cl)ccc1C1CC(=O)c2ccc(Br)cc2O1. The number of carbonyl (C=O) groups excluding carboxylic acids is 1. The van der Waals surface area contributed by atoms with Crippen LogP contribution in [0.5, 0.6) is 5.75 Å². The van der Waals surface area contributed by atoms with E-state index < -0.39 is 0 Å². The normalized spacial score (nSPS) is 17.6. The molecule has 0 N–H and O–H groups in total. The summed E-state index contributed by atoms with van der Waals surface area (Å²) in [6.45, 7) is 1.98. The molecular formula is C16H12BrClO2. The Hall–Kier alpha value is -1.32. The Labute approximate surface area is 130 Å². The first kappa shape index (κ1) is 13.7. The summed E-state index contributed by atoms with van der Waals surface area (Å²) in [5.41, 5.74) is 2.69. The molecule has 0 amide bonds. The molecule has 0 aliphatic carbocycles. The van der Waals surface area contributed by atoms with Gasteiger partial charge in [0.05, 0.1) is 12.0 Å². The van der Waals surface area contributed by atoms with E-state index in [1.807, 2.05) is 37.3 Å². The molecule has 0 bridgehead atoms. The minimum absolute atomic E-state index is 0.109. The fourth-order valence-corrected chi connectivity index (χ4v) is 3.04. The van der Waals surface area contributed by atoms with E-state index in [9.17, 15) is 4.79 Å². The first-order valence-electron chi connectivity index (χ1n) is 6.30. The third-order valence-corrected chi connectivity index (χ3v) is 4.19. The molecule has 1 unspecified atom stereocenters. The number of Topliss-reactive ketones (excluding diaryl/α,β-unsaturated/α-hetero) is 1. The van der Waals surface area contributed by atoms with Crippen molar-refractivity contribution in [2.75, 3.05) is 0 Å². The number of aryl methyl sites for hydroxylation is 1. The Bertz CT molecular complexity index is 697. The summed E-state index contributed by atoms with van der Waals surface area (Å²) < 4.78 is 6.90. The van der Waals surface area contributed by atoms with E-state index in [-0.39, 0.29) is 11.9 Å². The van der Waals surface area contributed by atoms with Crippen molar-refractivity contribution < 1.29 is 9.53 Å². The van der Waals surface area contributed by atoms with Crippen LogP contribution in [0.2, 0.25) is 5.02 Å². The van der Waals surface area contributed by atoms with Gasteiger partial charge in [-0.15, -0.1) is 0 Å². The summed E-state index contributed by atoms with van der Waals surface area (Å²) in [7, 11) is 0. The van der Waals surface area contributed by atoms with Gasteiger partial charge in [0.25, 0.3) is 0 Å². The largest absolute Gasteiger partial charge is 0.484 e. The zero-order valence-corrected chi connectivity index (χ0v) is 13.2. The Morgan fingerprint density at radius 2 is 2.05 bits per heavy atom. The summed E-state index contributed by atoms with van der Waals surface area (Å²) >= 11 is 9.37. The Kier molecular flexibility index (Phi) is 3.57. The van der Waals surface area contributed by atoms with Crippen LogP contribution in [0, 0.1) is 6.92 Å². The van der Waals surface area contributed by atoms with E-state index in [1.54, 1.807) is 6.07 Å². The average molecular weight is 352 g/mol. The van der Waals surface area contributed by atoms with Gasteiger partial charge in [0.15, 0.2) is 5.78 Å². The van der Waals surface area contributed by atoms with Crippen molar-refractivity contribution in [1.29, 1.82) is 0 Å². The molecule has 1 heterocycles. The zero-order chi connectivity index (χ0) is 14.3. The molecule has 0 saturated heterocycles. The molecule has 2 aromatic carbocycles. The number of ketones is 1. The minimum atomic E-state index is -0.249. The lowest BCUT2D eigenvalue weighted by atomic mass is 9.94. The first-order valence-corrected chi connectivity index (χ1v) is 7.47. The van der Waals surface area contributed by atoms with Crippen LogP contribution >= 0.6 is 27.5 Å². The third kappa shape index (κ3) is 2.48. The van der Waals surface area contributed by atoms with Gasteiger partial charge < -0.3 is 4.74 Å². The molecular weight excluding hydrogens is 340 g/mol. The Morgan fingerprint density at radius 1 is 1.25 bits per heavy atom. The van der Waals surface area contributed by atoms with E-state index >= 15 is 0 Å². The van der Waals surface area contributed by atoms with Crippen molar-refractivity contribution in [3.63, 3.8) is 0 Å². The van der Waals surface area contributed by atoms with Gasteiger partial charge in [-0.25, -0.2) is 0 Å². The van der Waals surface area contributed by atoms with Gasteiger partial charge in [0.2, 0.25) is 0 Å². The van der Waals surface area contributed by atoms with Crippen molar-refractivity contribution in [2.24, 2.45) is 0 Å². The van der Waals surface area contributed by atoms with Gasteiger partial charge >= 0.3 is 0 Å². The lowest BCUT2D eigenvalue weighted by Gasteiger charge is -2.26. The molecule has 1 aliphatic heterocycles. The molecule has 0 aromatic heterocycles. The van der Waals surface area contributed by atoms with Crippen molar-refractivity contribution >= 4 is 33.3 Å². The zero-order valence-electron chi connectivity index (χ0n) is 10.8. The number of halogens is 2.